The van der Waals surface area contributed by atoms with E-state index in [-0.39, 0.29) is 0 Å². The minimum atomic E-state index is 0.461. The molecule has 0 unspecified atom stereocenters. The molecule has 0 aliphatic heterocycles. The van der Waals surface area contributed by atoms with Crippen molar-refractivity contribution < 1.29 is 4.74 Å². The molecule has 6 heteroatoms. The van der Waals surface area contributed by atoms with Crippen molar-refractivity contribution in [3.8, 4) is 5.75 Å². The first-order chi connectivity index (χ1) is 11.6. The van der Waals surface area contributed by atoms with E-state index in [0.29, 0.717) is 19.0 Å². The second kappa shape index (κ2) is 9.27. The van der Waals surface area contributed by atoms with Crippen LogP contribution in [0.4, 0.5) is 0 Å². The predicted octanol–water partition coefficient (Wildman–Crippen LogP) is 3.53. The van der Waals surface area contributed by atoms with Gasteiger partial charge in [-0.3, -0.25) is 0 Å². The average Bonchev–Trinajstić information content (AvgIpc) is 3.07. The van der Waals surface area contributed by atoms with Gasteiger partial charge in [0.1, 0.15) is 10.8 Å². The molecule has 1 aromatic heterocycles. The molecule has 0 radical (unpaired) electrons. The van der Waals surface area contributed by atoms with Crippen LogP contribution in [0.1, 0.15) is 43.0 Å². The van der Waals surface area contributed by atoms with Gasteiger partial charge >= 0.3 is 0 Å². The van der Waals surface area contributed by atoms with E-state index in [1.54, 1.807) is 18.4 Å². The largest absolute Gasteiger partial charge is 0.496 e. The van der Waals surface area contributed by atoms with Crippen molar-refractivity contribution in [3.63, 3.8) is 0 Å². The summed E-state index contributed by atoms with van der Waals surface area (Å²) in [6.45, 7) is 8.42. The molecule has 0 atom stereocenters. The number of para-hydroxylation sites is 1. The molecule has 0 spiro atoms. The Hall–Kier alpha value is -2.08. The Balaban J connectivity index is 1.99. The molecule has 1 aromatic carbocycles. The van der Waals surface area contributed by atoms with Gasteiger partial charge in [0.05, 0.1) is 25.9 Å². The van der Waals surface area contributed by atoms with E-state index in [1.165, 1.54) is 0 Å². The van der Waals surface area contributed by atoms with E-state index in [2.05, 4.69) is 46.8 Å². The molecule has 2 rings (SSSR count). The number of thiazole rings is 1. The molecular formula is C18H26N4OS. The smallest absolute Gasteiger partial charge is 0.191 e. The van der Waals surface area contributed by atoms with Crippen LogP contribution >= 0.6 is 11.3 Å². The lowest BCUT2D eigenvalue weighted by Gasteiger charge is -2.11. The summed E-state index contributed by atoms with van der Waals surface area (Å²) in [4.78, 5) is 9.28. The zero-order valence-corrected chi connectivity index (χ0v) is 15.6. The lowest BCUT2D eigenvalue weighted by atomic mass is 10.2. The molecule has 2 N–H and O–H groups in total. The van der Waals surface area contributed by atoms with Gasteiger partial charge in [-0.2, -0.15) is 0 Å². The summed E-state index contributed by atoms with van der Waals surface area (Å²) in [5.41, 5.74) is 2.21. The van der Waals surface area contributed by atoms with E-state index in [4.69, 9.17) is 4.74 Å². The minimum Gasteiger partial charge on any atom is -0.496 e. The van der Waals surface area contributed by atoms with Gasteiger partial charge in [-0.25, -0.2) is 9.98 Å². The molecule has 0 fully saturated rings. The normalized spacial score (nSPS) is 11.6. The Kier molecular flexibility index (Phi) is 7.06. The van der Waals surface area contributed by atoms with E-state index in [9.17, 15) is 0 Å². The maximum atomic E-state index is 5.37. The van der Waals surface area contributed by atoms with Crippen LogP contribution in [0.25, 0.3) is 0 Å². The Morgan fingerprint density at radius 1 is 1.29 bits per heavy atom. The zero-order chi connectivity index (χ0) is 17.4. The van der Waals surface area contributed by atoms with Gasteiger partial charge in [-0.05, 0) is 18.9 Å². The van der Waals surface area contributed by atoms with Gasteiger partial charge in [-0.1, -0.05) is 32.0 Å². The quantitative estimate of drug-likeness (QED) is 0.595. The maximum absolute atomic E-state index is 5.37. The Bertz CT molecular complexity index is 667. The van der Waals surface area contributed by atoms with Gasteiger partial charge in [0, 0.05) is 17.5 Å². The van der Waals surface area contributed by atoms with Crippen molar-refractivity contribution >= 4 is 17.3 Å². The van der Waals surface area contributed by atoms with Crippen LogP contribution in [-0.2, 0) is 13.1 Å². The molecular weight excluding hydrogens is 320 g/mol. The lowest BCUT2D eigenvalue weighted by molar-refractivity contribution is 0.410. The molecule has 5 nitrogen and oxygen atoms in total. The first kappa shape index (κ1) is 18.3. The SMILES string of the molecule is CCNC(=NCc1ccccc1OC)NCc1nc(C(C)C)cs1. The number of ether oxygens (including phenoxy) is 1. The van der Waals surface area contributed by atoms with Gasteiger partial charge in [0.2, 0.25) is 0 Å². The Morgan fingerprint density at radius 2 is 2.08 bits per heavy atom. The number of aromatic nitrogens is 1. The number of rotatable bonds is 7. The lowest BCUT2D eigenvalue weighted by Crippen LogP contribution is -2.36. The fraction of sp³-hybridized carbons (Fsp3) is 0.444. The third-order valence-corrected chi connectivity index (χ3v) is 4.38. The van der Waals surface area contributed by atoms with Gasteiger partial charge < -0.3 is 15.4 Å². The van der Waals surface area contributed by atoms with Gasteiger partial charge in [0.15, 0.2) is 5.96 Å². The third kappa shape index (κ3) is 5.23. The van der Waals surface area contributed by atoms with Crippen molar-refractivity contribution in [1.29, 1.82) is 0 Å². The van der Waals surface area contributed by atoms with Crippen LogP contribution in [0.2, 0.25) is 0 Å². The topological polar surface area (TPSA) is 58.5 Å². The summed E-state index contributed by atoms with van der Waals surface area (Å²) in [6.07, 6.45) is 0. The first-order valence-electron chi connectivity index (χ1n) is 8.22. The van der Waals surface area contributed by atoms with Crippen LogP contribution in [0.3, 0.4) is 0 Å². The predicted molar refractivity (Wildman–Crippen MR) is 101 cm³/mol. The number of methoxy groups -OCH3 is 1. The van der Waals surface area contributed by atoms with Crippen LogP contribution in [0.5, 0.6) is 5.75 Å². The Morgan fingerprint density at radius 3 is 2.75 bits per heavy atom. The van der Waals surface area contributed by atoms with Crippen LogP contribution < -0.4 is 15.4 Å². The molecule has 0 aliphatic rings. The monoisotopic (exact) mass is 346 g/mol. The van der Waals surface area contributed by atoms with Crippen molar-refractivity contribution in [2.24, 2.45) is 4.99 Å². The number of hydrogen-bond donors (Lipinski definition) is 2. The van der Waals surface area contributed by atoms with Crippen LogP contribution in [-0.4, -0.2) is 24.6 Å². The summed E-state index contributed by atoms with van der Waals surface area (Å²) < 4.78 is 5.37. The van der Waals surface area contributed by atoms with Gasteiger partial charge in [-0.15, -0.1) is 11.3 Å². The highest BCUT2D eigenvalue weighted by atomic mass is 32.1. The summed E-state index contributed by atoms with van der Waals surface area (Å²) >= 11 is 1.68. The number of hydrogen-bond acceptors (Lipinski definition) is 4. The van der Waals surface area contributed by atoms with E-state index in [0.717, 1.165) is 34.5 Å². The summed E-state index contributed by atoms with van der Waals surface area (Å²) in [5, 5.41) is 9.80. The standard InChI is InChI=1S/C18H26N4OS/c1-5-19-18(20-10-14-8-6-7-9-16(14)23-4)21-11-17-22-15(12-24-17)13(2)3/h6-9,12-13H,5,10-11H2,1-4H3,(H2,19,20,21). The van der Waals surface area contributed by atoms with E-state index >= 15 is 0 Å². The van der Waals surface area contributed by atoms with E-state index < -0.39 is 0 Å². The molecule has 0 aliphatic carbocycles. The van der Waals surface area contributed by atoms with Crippen molar-refractivity contribution in [3.05, 3.63) is 45.9 Å². The Labute approximate surface area is 148 Å². The second-order valence-corrected chi connectivity index (χ2v) is 6.62. The highest BCUT2D eigenvalue weighted by molar-refractivity contribution is 7.09. The number of aliphatic imine (C=N–C) groups is 1. The average molecular weight is 347 g/mol. The van der Waals surface area contributed by atoms with Crippen molar-refractivity contribution in [1.82, 2.24) is 15.6 Å². The van der Waals surface area contributed by atoms with E-state index in [1.807, 2.05) is 24.3 Å². The number of nitrogens with one attached hydrogen (secondary N) is 2. The zero-order valence-electron chi connectivity index (χ0n) is 14.8. The van der Waals surface area contributed by atoms with Crippen molar-refractivity contribution in [2.45, 2.75) is 39.8 Å². The maximum Gasteiger partial charge on any atom is 0.191 e. The molecule has 24 heavy (non-hydrogen) atoms. The highest BCUT2D eigenvalue weighted by Gasteiger charge is 2.07. The minimum absolute atomic E-state index is 0.461. The summed E-state index contributed by atoms with van der Waals surface area (Å²) in [6, 6.07) is 7.94. The number of guanidine groups is 1. The van der Waals surface area contributed by atoms with Crippen molar-refractivity contribution in [2.75, 3.05) is 13.7 Å². The van der Waals surface area contributed by atoms with Crippen LogP contribution in [0.15, 0.2) is 34.6 Å². The highest BCUT2D eigenvalue weighted by Crippen LogP contribution is 2.18. The van der Waals surface area contributed by atoms with Crippen LogP contribution in [0, 0.1) is 0 Å². The number of nitrogens with zero attached hydrogens (tertiary/aromatic N) is 2. The molecule has 0 saturated heterocycles. The number of benzene rings is 1. The molecule has 2 aromatic rings. The second-order valence-electron chi connectivity index (χ2n) is 5.68. The first-order valence-corrected chi connectivity index (χ1v) is 9.10. The summed E-state index contributed by atoms with van der Waals surface area (Å²) in [5.74, 6) is 2.10. The summed E-state index contributed by atoms with van der Waals surface area (Å²) in [7, 11) is 1.68. The molecule has 0 amide bonds. The fourth-order valence-electron chi connectivity index (χ4n) is 2.17. The molecule has 130 valence electrons. The molecule has 0 bridgehead atoms. The molecule has 0 saturated carbocycles. The fourth-order valence-corrected chi connectivity index (χ4v) is 3.07. The third-order valence-electron chi connectivity index (χ3n) is 3.51. The van der Waals surface area contributed by atoms with Gasteiger partial charge in [0.25, 0.3) is 0 Å². The molecule has 1 heterocycles.